The molecule has 0 fully saturated rings. The first-order chi connectivity index (χ1) is 9.99. The van der Waals surface area contributed by atoms with Crippen LogP contribution in [0, 0.1) is 0 Å². The van der Waals surface area contributed by atoms with Crippen LogP contribution in [0.5, 0.6) is 0 Å². The molecule has 0 aliphatic carbocycles. The van der Waals surface area contributed by atoms with E-state index in [0.717, 1.165) is 12.8 Å². The van der Waals surface area contributed by atoms with E-state index in [-0.39, 0.29) is 11.4 Å². The molecule has 2 rings (SSSR count). The SMILES string of the molecule is CCCCN1C(=O)C(O)=C(C(C)=O)C1c1ccccc1Cl. The van der Waals surface area contributed by atoms with Gasteiger partial charge in [-0.05, 0) is 25.0 Å². The molecule has 1 aliphatic heterocycles. The minimum absolute atomic E-state index is 0.129. The Bertz CT molecular complexity index is 609. The molecule has 21 heavy (non-hydrogen) atoms. The van der Waals surface area contributed by atoms with Crippen LogP contribution >= 0.6 is 11.6 Å². The molecule has 0 saturated carbocycles. The number of amides is 1. The van der Waals surface area contributed by atoms with E-state index in [2.05, 4.69) is 0 Å². The third-order valence-corrected chi connectivity index (χ3v) is 3.98. The van der Waals surface area contributed by atoms with E-state index >= 15 is 0 Å². The van der Waals surface area contributed by atoms with Gasteiger partial charge in [0.25, 0.3) is 5.91 Å². The second kappa shape index (κ2) is 6.31. The summed E-state index contributed by atoms with van der Waals surface area (Å²) in [6.07, 6.45) is 1.71. The summed E-state index contributed by atoms with van der Waals surface area (Å²) in [5, 5.41) is 10.5. The Kier molecular flexibility index (Phi) is 4.68. The number of unbranched alkanes of at least 4 members (excludes halogenated alkanes) is 1. The molecule has 1 unspecified atom stereocenters. The van der Waals surface area contributed by atoms with Crippen molar-refractivity contribution in [3.63, 3.8) is 0 Å². The van der Waals surface area contributed by atoms with Crippen LogP contribution in [0.15, 0.2) is 35.6 Å². The van der Waals surface area contributed by atoms with Gasteiger partial charge in [0.15, 0.2) is 11.5 Å². The van der Waals surface area contributed by atoms with Gasteiger partial charge in [0.1, 0.15) is 0 Å². The lowest BCUT2D eigenvalue weighted by atomic mass is 9.96. The molecule has 4 nitrogen and oxygen atoms in total. The summed E-state index contributed by atoms with van der Waals surface area (Å²) < 4.78 is 0. The molecule has 0 aromatic heterocycles. The second-order valence-electron chi connectivity index (χ2n) is 5.09. The normalized spacial score (nSPS) is 18.5. The van der Waals surface area contributed by atoms with Crippen molar-refractivity contribution < 1.29 is 14.7 Å². The Balaban J connectivity index is 2.52. The highest BCUT2D eigenvalue weighted by molar-refractivity contribution is 6.31. The van der Waals surface area contributed by atoms with Crippen molar-refractivity contribution in [3.8, 4) is 0 Å². The highest BCUT2D eigenvalue weighted by Crippen LogP contribution is 2.40. The average molecular weight is 308 g/mol. The first-order valence-electron chi connectivity index (χ1n) is 6.98. The van der Waals surface area contributed by atoms with Crippen molar-refractivity contribution >= 4 is 23.3 Å². The Labute approximate surface area is 129 Å². The van der Waals surface area contributed by atoms with E-state index in [4.69, 9.17) is 11.6 Å². The number of halogens is 1. The Morgan fingerprint density at radius 1 is 1.38 bits per heavy atom. The number of Topliss-reactive ketones (excluding diaryl/α,β-unsaturated/α-hetero) is 1. The van der Waals surface area contributed by atoms with Gasteiger partial charge in [0.05, 0.1) is 11.6 Å². The monoisotopic (exact) mass is 307 g/mol. The zero-order chi connectivity index (χ0) is 15.6. The highest BCUT2D eigenvalue weighted by Gasteiger charge is 2.42. The maximum absolute atomic E-state index is 12.2. The standard InChI is InChI=1S/C16H18ClNO3/c1-3-4-9-18-14(11-7-5-6-8-12(11)17)13(10(2)19)15(20)16(18)21/h5-8,14,20H,3-4,9H2,1-2H3. The minimum Gasteiger partial charge on any atom is -0.503 e. The molecule has 1 heterocycles. The molecular formula is C16H18ClNO3. The van der Waals surface area contributed by atoms with Gasteiger partial charge >= 0.3 is 0 Å². The molecule has 5 heteroatoms. The fourth-order valence-corrected chi connectivity index (χ4v) is 2.83. The van der Waals surface area contributed by atoms with Crippen LogP contribution in [-0.4, -0.2) is 28.2 Å². The van der Waals surface area contributed by atoms with Gasteiger partial charge in [-0.2, -0.15) is 0 Å². The average Bonchev–Trinajstić information content (AvgIpc) is 2.69. The van der Waals surface area contributed by atoms with Crippen LogP contribution in [0.4, 0.5) is 0 Å². The van der Waals surface area contributed by atoms with Crippen molar-refractivity contribution in [2.75, 3.05) is 6.54 Å². The van der Waals surface area contributed by atoms with E-state index in [1.165, 1.54) is 11.8 Å². The summed E-state index contributed by atoms with van der Waals surface area (Å²) in [4.78, 5) is 25.6. The van der Waals surface area contributed by atoms with E-state index in [9.17, 15) is 14.7 Å². The largest absolute Gasteiger partial charge is 0.503 e. The van der Waals surface area contributed by atoms with E-state index in [1.807, 2.05) is 6.92 Å². The number of aliphatic hydroxyl groups excluding tert-OH is 1. The summed E-state index contributed by atoms with van der Waals surface area (Å²) in [6.45, 7) is 3.85. The lowest BCUT2D eigenvalue weighted by Crippen LogP contribution is -2.32. The summed E-state index contributed by atoms with van der Waals surface area (Å²) in [6, 6.07) is 6.48. The van der Waals surface area contributed by atoms with Gasteiger partial charge in [-0.3, -0.25) is 9.59 Å². The van der Waals surface area contributed by atoms with Gasteiger partial charge in [-0.25, -0.2) is 0 Å². The van der Waals surface area contributed by atoms with E-state index < -0.39 is 17.7 Å². The maximum Gasteiger partial charge on any atom is 0.290 e. The molecule has 1 aromatic rings. The molecule has 1 aliphatic rings. The number of nitrogens with zero attached hydrogens (tertiary/aromatic N) is 1. The summed E-state index contributed by atoms with van der Waals surface area (Å²) in [5.74, 6) is -1.27. The molecule has 1 atom stereocenters. The van der Waals surface area contributed by atoms with E-state index in [0.29, 0.717) is 17.1 Å². The predicted molar refractivity (Wildman–Crippen MR) is 81.1 cm³/mol. The van der Waals surface area contributed by atoms with Crippen LogP contribution in [0.3, 0.4) is 0 Å². The summed E-state index contributed by atoms with van der Waals surface area (Å²) in [5.41, 5.74) is 0.794. The van der Waals surface area contributed by atoms with Gasteiger partial charge in [0, 0.05) is 11.6 Å². The van der Waals surface area contributed by atoms with Crippen LogP contribution in [-0.2, 0) is 9.59 Å². The van der Waals surface area contributed by atoms with Crippen LogP contribution < -0.4 is 0 Å². The molecule has 1 aromatic carbocycles. The summed E-state index contributed by atoms with van der Waals surface area (Å²) >= 11 is 6.22. The smallest absolute Gasteiger partial charge is 0.290 e. The van der Waals surface area contributed by atoms with E-state index in [1.54, 1.807) is 24.3 Å². The van der Waals surface area contributed by atoms with Crippen molar-refractivity contribution in [1.29, 1.82) is 0 Å². The lowest BCUT2D eigenvalue weighted by Gasteiger charge is -2.27. The topological polar surface area (TPSA) is 57.6 Å². The molecule has 1 N–H and O–H groups in total. The Morgan fingerprint density at radius 3 is 2.62 bits per heavy atom. The molecule has 0 spiro atoms. The maximum atomic E-state index is 12.2. The molecular weight excluding hydrogens is 290 g/mol. The third kappa shape index (κ3) is 2.81. The fraction of sp³-hybridized carbons (Fsp3) is 0.375. The number of ketones is 1. The Morgan fingerprint density at radius 2 is 2.05 bits per heavy atom. The van der Waals surface area contributed by atoms with Crippen LogP contribution in [0.2, 0.25) is 5.02 Å². The zero-order valence-corrected chi connectivity index (χ0v) is 12.9. The number of benzene rings is 1. The van der Waals surface area contributed by atoms with Gasteiger partial charge in [0.2, 0.25) is 0 Å². The van der Waals surface area contributed by atoms with Crippen LogP contribution in [0.25, 0.3) is 0 Å². The number of hydrogen-bond donors (Lipinski definition) is 1. The van der Waals surface area contributed by atoms with Gasteiger partial charge < -0.3 is 10.0 Å². The highest BCUT2D eigenvalue weighted by atomic mass is 35.5. The summed E-state index contributed by atoms with van der Waals surface area (Å²) in [7, 11) is 0. The van der Waals surface area contributed by atoms with Crippen molar-refractivity contribution in [3.05, 3.63) is 46.2 Å². The molecule has 0 radical (unpaired) electrons. The molecule has 112 valence electrons. The Hall–Kier alpha value is -1.81. The first-order valence-corrected chi connectivity index (χ1v) is 7.36. The first kappa shape index (κ1) is 15.6. The zero-order valence-electron chi connectivity index (χ0n) is 12.1. The molecule has 0 bridgehead atoms. The van der Waals surface area contributed by atoms with Crippen molar-refractivity contribution in [2.24, 2.45) is 0 Å². The number of aliphatic hydroxyl groups is 1. The van der Waals surface area contributed by atoms with Gasteiger partial charge in [-0.15, -0.1) is 0 Å². The lowest BCUT2D eigenvalue weighted by molar-refractivity contribution is -0.129. The quantitative estimate of drug-likeness (QED) is 0.906. The number of carbonyl (C=O) groups is 2. The molecule has 0 saturated heterocycles. The van der Waals surface area contributed by atoms with Gasteiger partial charge in [-0.1, -0.05) is 43.1 Å². The predicted octanol–water partition coefficient (Wildman–Crippen LogP) is 3.42. The minimum atomic E-state index is -0.602. The number of hydrogen-bond acceptors (Lipinski definition) is 3. The third-order valence-electron chi connectivity index (χ3n) is 3.64. The van der Waals surface area contributed by atoms with Crippen molar-refractivity contribution in [1.82, 2.24) is 4.90 Å². The van der Waals surface area contributed by atoms with Crippen molar-refractivity contribution in [2.45, 2.75) is 32.7 Å². The van der Waals surface area contributed by atoms with Crippen LogP contribution in [0.1, 0.15) is 38.3 Å². The number of rotatable bonds is 5. The fourth-order valence-electron chi connectivity index (χ4n) is 2.59. The second-order valence-corrected chi connectivity index (χ2v) is 5.50. The number of carbonyl (C=O) groups excluding carboxylic acids is 2. The molecule has 1 amide bonds.